The molecule has 3 heteroatoms. The molecule has 0 N–H and O–H groups in total. The van der Waals surface area contributed by atoms with E-state index in [2.05, 4.69) is 47.1 Å². The van der Waals surface area contributed by atoms with Gasteiger partial charge in [0.05, 0.1) is 0 Å². The van der Waals surface area contributed by atoms with Crippen LogP contribution in [0.1, 0.15) is 44.6 Å². The van der Waals surface area contributed by atoms with E-state index >= 15 is 0 Å². The van der Waals surface area contributed by atoms with Crippen molar-refractivity contribution in [3.8, 4) is 0 Å². The molecule has 3 nitrogen and oxygen atoms in total. The van der Waals surface area contributed by atoms with Crippen LogP contribution in [0.3, 0.4) is 0 Å². The van der Waals surface area contributed by atoms with Gasteiger partial charge in [-0.1, -0.05) is 37.3 Å². The SMILES string of the molecule is CC1CCCN(C(=O)CCN2CCC(Cc3ccccc3)CC2)C1. The summed E-state index contributed by atoms with van der Waals surface area (Å²) in [4.78, 5) is 17.0. The average molecular weight is 329 g/mol. The topological polar surface area (TPSA) is 23.6 Å². The lowest BCUT2D eigenvalue weighted by atomic mass is 9.90. The third-order valence-corrected chi connectivity index (χ3v) is 5.73. The lowest BCUT2D eigenvalue weighted by Crippen LogP contribution is -2.41. The van der Waals surface area contributed by atoms with Crippen LogP contribution in [0.5, 0.6) is 0 Å². The van der Waals surface area contributed by atoms with Gasteiger partial charge in [0.15, 0.2) is 0 Å². The molecule has 2 aliphatic rings. The van der Waals surface area contributed by atoms with Gasteiger partial charge in [-0.2, -0.15) is 0 Å². The van der Waals surface area contributed by atoms with Crippen LogP contribution < -0.4 is 0 Å². The monoisotopic (exact) mass is 328 g/mol. The Balaban J connectivity index is 1.35. The Morgan fingerprint density at radius 2 is 1.83 bits per heavy atom. The van der Waals surface area contributed by atoms with Crippen molar-refractivity contribution in [3.05, 3.63) is 35.9 Å². The number of piperidine rings is 2. The summed E-state index contributed by atoms with van der Waals surface area (Å²) >= 11 is 0. The molecule has 2 heterocycles. The molecule has 0 aliphatic carbocycles. The quantitative estimate of drug-likeness (QED) is 0.825. The van der Waals surface area contributed by atoms with E-state index in [0.29, 0.717) is 18.2 Å². The van der Waals surface area contributed by atoms with E-state index < -0.39 is 0 Å². The summed E-state index contributed by atoms with van der Waals surface area (Å²) < 4.78 is 0. The fourth-order valence-electron chi connectivity index (χ4n) is 4.19. The van der Waals surface area contributed by atoms with Gasteiger partial charge in [0.1, 0.15) is 0 Å². The Kier molecular flexibility index (Phi) is 6.30. The molecular weight excluding hydrogens is 296 g/mol. The van der Waals surface area contributed by atoms with Gasteiger partial charge in [-0.05, 0) is 62.6 Å². The van der Waals surface area contributed by atoms with E-state index in [1.807, 2.05) is 0 Å². The number of likely N-dealkylation sites (tertiary alicyclic amines) is 2. The number of amides is 1. The molecule has 1 aromatic carbocycles. The second kappa shape index (κ2) is 8.66. The maximum atomic E-state index is 12.4. The Morgan fingerprint density at radius 3 is 2.54 bits per heavy atom. The summed E-state index contributed by atoms with van der Waals surface area (Å²) in [6, 6.07) is 10.8. The van der Waals surface area contributed by atoms with Crippen LogP contribution in [-0.2, 0) is 11.2 Å². The Morgan fingerprint density at radius 1 is 1.08 bits per heavy atom. The second-order valence-electron chi connectivity index (χ2n) is 7.81. The smallest absolute Gasteiger partial charge is 0.223 e. The molecule has 24 heavy (non-hydrogen) atoms. The number of benzene rings is 1. The first kappa shape index (κ1) is 17.5. The van der Waals surface area contributed by atoms with Crippen molar-refractivity contribution in [2.24, 2.45) is 11.8 Å². The molecule has 1 unspecified atom stereocenters. The molecule has 1 aromatic rings. The summed E-state index contributed by atoms with van der Waals surface area (Å²) in [6.45, 7) is 7.46. The number of hydrogen-bond acceptors (Lipinski definition) is 2. The van der Waals surface area contributed by atoms with Gasteiger partial charge in [0, 0.05) is 26.1 Å². The highest BCUT2D eigenvalue weighted by Crippen LogP contribution is 2.22. The van der Waals surface area contributed by atoms with E-state index in [0.717, 1.165) is 38.6 Å². The van der Waals surface area contributed by atoms with Crippen LogP contribution in [0.15, 0.2) is 30.3 Å². The minimum absolute atomic E-state index is 0.368. The number of carbonyl (C=O) groups excluding carboxylic acids is 1. The van der Waals surface area contributed by atoms with Gasteiger partial charge >= 0.3 is 0 Å². The first-order valence-corrected chi connectivity index (χ1v) is 9.75. The zero-order valence-corrected chi connectivity index (χ0v) is 15.1. The molecule has 1 amide bonds. The van der Waals surface area contributed by atoms with E-state index in [9.17, 15) is 4.79 Å². The van der Waals surface area contributed by atoms with Gasteiger partial charge < -0.3 is 9.80 Å². The highest BCUT2D eigenvalue weighted by Gasteiger charge is 2.23. The molecule has 2 saturated heterocycles. The maximum Gasteiger partial charge on any atom is 0.223 e. The zero-order chi connectivity index (χ0) is 16.8. The molecule has 0 saturated carbocycles. The Labute approximate surface area is 147 Å². The number of hydrogen-bond donors (Lipinski definition) is 0. The molecule has 0 aromatic heterocycles. The van der Waals surface area contributed by atoms with Gasteiger partial charge in [-0.15, -0.1) is 0 Å². The summed E-state index contributed by atoms with van der Waals surface area (Å²) in [6.07, 6.45) is 6.90. The average Bonchev–Trinajstić information content (AvgIpc) is 2.62. The molecule has 0 radical (unpaired) electrons. The van der Waals surface area contributed by atoms with Crippen LogP contribution in [0.25, 0.3) is 0 Å². The minimum atomic E-state index is 0.368. The molecule has 132 valence electrons. The van der Waals surface area contributed by atoms with Crippen molar-refractivity contribution in [1.82, 2.24) is 9.80 Å². The highest BCUT2D eigenvalue weighted by molar-refractivity contribution is 5.76. The molecule has 3 rings (SSSR count). The largest absolute Gasteiger partial charge is 0.342 e. The zero-order valence-electron chi connectivity index (χ0n) is 15.1. The lowest BCUT2D eigenvalue weighted by Gasteiger charge is -2.34. The van der Waals surface area contributed by atoms with Crippen LogP contribution in [-0.4, -0.2) is 48.4 Å². The third-order valence-electron chi connectivity index (χ3n) is 5.73. The van der Waals surface area contributed by atoms with Crippen molar-refractivity contribution >= 4 is 5.91 Å². The van der Waals surface area contributed by atoms with Crippen molar-refractivity contribution in [2.75, 3.05) is 32.7 Å². The Hall–Kier alpha value is -1.35. The third kappa shape index (κ3) is 5.07. The van der Waals surface area contributed by atoms with Crippen LogP contribution in [0, 0.1) is 11.8 Å². The standard InChI is InChI=1S/C21H32N2O/c1-18-6-5-12-23(17-18)21(24)11-15-22-13-9-20(10-14-22)16-19-7-3-2-4-8-19/h2-4,7-8,18,20H,5-6,9-17H2,1H3. The second-order valence-corrected chi connectivity index (χ2v) is 7.81. The van der Waals surface area contributed by atoms with Gasteiger partial charge in [-0.25, -0.2) is 0 Å². The van der Waals surface area contributed by atoms with E-state index in [1.165, 1.54) is 37.7 Å². The molecule has 2 fully saturated rings. The van der Waals surface area contributed by atoms with Crippen LogP contribution in [0.4, 0.5) is 0 Å². The maximum absolute atomic E-state index is 12.4. The summed E-state index contributed by atoms with van der Waals surface area (Å²) in [5.74, 6) is 1.85. The molecule has 0 spiro atoms. The van der Waals surface area contributed by atoms with Crippen molar-refractivity contribution in [1.29, 1.82) is 0 Å². The first-order valence-electron chi connectivity index (χ1n) is 9.75. The molecule has 2 aliphatic heterocycles. The summed E-state index contributed by atoms with van der Waals surface area (Å²) in [7, 11) is 0. The fraction of sp³-hybridized carbons (Fsp3) is 0.667. The summed E-state index contributed by atoms with van der Waals surface area (Å²) in [5, 5.41) is 0. The number of carbonyl (C=O) groups is 1. The molecule has 1 atom stereocenters. The highest BCUT2D eigenvalue weighted by atomic mass is 16.2. The van der Waals surface area contributed by atoms with Crippen molar-refractivity contribution in [2.45, 2.75) is 45.4 Å². The van der Waals surface area contributed by atoms with E-state index in [-0.39, 0.29) is 0 Å². The van der Waals surface area contributed by atoms with Gasteiger partial charge in [-0.3, -0.25) is 4.79 Å². The van der Waals surface area contributed by atoms with Crippen molar-refractivity contribution in [3.63, 3.8) is 0 Å². The Bertz CT molecular complexity index is 508. The van der Waals surface area contributed by atoms with Gasteiger partial charge in [0.2, 0.25) is 5.91 Å². The normalized spacial score (nSPS) is 23.4. The number of rotatable bonds is 5. The van der Waals surface area contributed by atoms with E-state index in [4.69, 9.17) is 0 Å². The fourth-order valence-corrected chi connectivity index (χ4v) is 4.19. The number of nitrogens with zero attached hydrogens (tertiary/aromatic N) is 2. The van der Waals surface area contributed by atoms with E-state index in [1.54, 1.807) is 0 Å². The van der Waals surface area contributed by atoms with Crippen LogP contribution in [0.2, 0.25) is 0 Å². The molecule has 0 bridgehead atoms. The summed E-state index contributed by atoms with van der Waals surface area (Å²) in [5.41, 5.74) is 1.46. The minimum Gasteiger partial charge on any atom is -0.342 e. The molecular formula is C21H32N2O. The lowest BCUT2D eigenvalue weighted by molar-refractivity contribution is -0.133. The van der Waals surface area contributed by atoms with Crippen molar-refractivity contribution < 1.29 is 4.79 Å². The first-order chi connectivity index (χ1) is 11.7. The predicted octanol–water partition coefficient (Wildman–Crippen LogP) is 3.59. The predicted molar refractivity (Wildman–Crippen MR) is 98.9 cm³/mol. The van der Waals surface area contributed by atoms with Crippen LogP contribution >= 0.6 is 0 Å². The van der Waals surface area contributed by atoms with Gasteiger partial charge in [0.25, 0.3) is 0 Å².